The zero-order chi connectivity index (χ0) is 17.8. The molecule has 8 nitrogen and oxygen atoms in total. The number of pyridine rings is 1. The van der Waals surface area contributed by atoms with E-state index in [4.69, 9.17) is 14.6 Å². The van der Waals surface area contributed by atoms with Gasteiger partial charge in [0.25, 0.3) is 0 Å². The third-order valence-electron chi connectivity index (χ3n) is 4.07. The molecule has 1 fully saturated rings. The highest BCUT2D eigenvalue weighted by atomic mass is 127. The summed E-state index contributed by atoms with van der Waals surface area (Å²) in [6.07, 6.45) is 4.22. The van der Waals surface area contributed by atoms with E-state index in [0.717, 1.165) is 40.6 Å². The van der Waals surface area contributed by atoms with E-state index in [-0.39, 0.29) is 12.3 Å². The van der Waals surface area contributed by atoms with E-state index < -0.39 is 6.09 Å². The average molecular weight is 460 g/mol. The number of hydrogen-bond acceptors (Lipinski definition) is 5. The van der Waals surface area contributed by atoms with Crippen molar-refractivity contribution in [2.45, 2.75) is 44.9 Å². The predicted molar refractivity (Wildman–Crippen MR) is 99.8 cm³/mol. The van der Waals surface area contributed by atoms with Crippen LogP contribution in [0.3, 0.4) is 0 Å². The Labute approximate surface area is 159 Å². The zero-order valence-corrected chi connectivity index (χ0v) is 16.1. The van der Waals surface area contributed by atoms with Crippen LogP contribution < -0.4 is 10.1 Å². The molecule has 1 saturated heterocycles. The molecule has 136 valence electrons. The molecule has 0 aromatic carbocycles. The van der Waals surface area contributed by atoms with Crippen LogP contribution in [0.15, 0.2) is 12.3 Å². The van der Waals surface area contributed by atoms with Gasteiger partial charge in [-0.3, -0.25) is 0 Å². The van der Waals surface area contributed by atoms with Crippen LogP contribution in [0.5, 0.6) is 5.75 Å². The smallest absolute Gasteiger partial charge is 0.404 e. The summed E-state index contributed by atoms with van der Waals surface area (Å²) in [7, 11) is 0. The van der Waals surface area contributed by atoms with Crippen molar-refractivity contribution >= 4 is 39.7 Å². The molecule has 9 heteroatoms. The van der Waals surface area contributed by atoms with Crippen molar-refractivity contribution in [1.82, 2.24) is 20.1 Å². The van der Waals surface area contributed by atoms with Crippen LogP contribution in [0.25, 0.3) is 11.0 Å². The van der Waals surface area contributed by atoms with Crippen LogP contribution in [-0.2, 0) is 4.74 Å². The maximum absolute atomic E-state index is 10.5. The molecule has 3 rings (SSSR count). The van der Waals surface area contributed by atoms with Crippen molar-refractivity contribution in [2.24, 2.45) is 0 Å². The molecule has 0 spiro atoms. The number of halogens is 1. The normalized spacial score (nSPS) is 18.9. The van der Waals surface area contributed by atoms with Crippen LogP contribution in [0.1, 0.15) is 38.8 Å². The standard InChI is InChI=1S/C16H21IN4O4/c1-10(5-6-18-16(22)23)25-11-8-12-14(17)20-21(15(12)19-9-11)13-4-2-3-7-24-13/h8-10,13,18H,2-7H2,1H3,(H,22,23)/t10-,13?/m1/s1. The molecule has 0 aliphatic carbocycles. The summed E-state index contributed by atoms with van der Waals surface area (Å²) in [4.78, 5) is 15.0. The summed E-state index contributed by atoms with van der Waals surface area (Å²) >= 11 is 2.20. The maximum atomic E-state index is 10.5. The van der Waals surface area contributed by atoms with E-state index in [1.54, 1.807) is 6.20 Å². The Balaban J connectivity index is 1.72. The highest BCUT2D eigenvalue weighted by molar-refractivity contribution is 14.1. The number of carboxylic acid groups (broad SMARTS) is 1. The van der Waals surface area contributed by atoms with Gasteiger partial charge in [0.2, 0.25) is 0 Å². The highest BCUT2D eigenvalue weighted by Gasteiger charge is 2.21. The summed E-state index contributed by atoms with van der Waals surface area (Å²) in [6.45, 7) is 3.00. The van der Waals surface area contributed by atoms with E-state index in [1.807, 2.05) is 17.7 Å². The lowest BCUT2D eigenvalue weighted by molar-refractivity contribution is -0.0372. The minimum atomic E-state index is -1.03. The lowest BCUT2D eigenvalue weighted by Gasteiger charge is -2.23. The number of rotatable bonds is 6. The fourth-order valence-electron chi connectivity index (χ4n) is 2.82. The van der Waals surface area contributed by atoms with Gasteiger partial charge in [0.1, 0.15) is 9.45 Å². The summed E-state index contributed by atoms with van der Waals surface area (Å²) < 4.78 is 14.4. The quantitative estimate of drug-likeness (QED) is 0.643. The first-order chi connectivity index (χ1) is 12.0. The fourth-order valence-corrected chi connectivity index (χ4v) is 3.45. The van der Waals surface area contributed by atoms with Crippen molar-refractivity contribution in [2.75, 3.05) is 13.2 Å². The lowest BCUT2D eigenvalue weighted by Crippen LogP contribution is -2.26. The molecular weight excluding hydrogens is 439 g/mol. The minimum Gasteiger partial charge on any atom is -0.489 e. The van der Waals surface area contributed by atoms with Gasteiger partial charge in [-0.05, 0) is 54.8 Å². The van der Waals surface area contributed by atoms with Gasteiger partial charge >= 0.3 is 6.09 Å². The molecule has 1 amide bonds. The Bertz CT molecular complexity index is 745. The van der Waals surface area contributed by atoms with Crippen molar-refractivity contribution in [3.05, 3.63) is 16.0 Å². The van der Waals surface area contributed by atoms with Crippen LogP contribution in [0.2, 0.25) is 0 Å². The zero-order valence-electron chi connectivity index (χ0n) is 13.9. The first kappa shape index (κ1) is 18.2. The SMILES string of the molecule is C[C@H](CCNC(=O)O)Oc1cnc2c(c1)c(I)nn2C1CCCCO1. The summed E-state index contributed by atoms with van der Waals surface area (Å²) in [5.74, 6) is 0.650. The monoisotopic (exact) mass is 460 g/mol. The van der Waals surface area contributed by atoms with E-state index in [9.17, 15) is 4.79 Å². The molecule has 0 radical (unpaired) electrons. The molecule has 1 unspecified atom stereocenters. The molecule has 1 aliphatic heterocycles. The molecule has 2 aromatic rings. The van der Waals surface area contributed by atoms with Crippen molar-refractivity contribution in [3.63, 3.8) is 0 Å². The Hall–Kier alpha value is -1.62. The lowest BCUT2D eigenvalue weighted by atomic mass is 10.2. The molecular formula is C16H21IN4O4. The van der Waals surface area contributed by atoms with E-state index in [2.05, 4.69) is 38.0 Å². The Kier molecular flexibility index (Phi) is 5.94. The third-order valence-corrected chi connectivity index (χ3v) is 4.87. The fraction of sp³-hybridized carbons (Fsp3) is 0.562. The topological polar surface area (TPSA) is 98.5 Å². The van der Waals surface area contributed by atoms with Crippen LogP contribution in [0.4, 0.5) is 4.79 Å². The van der Waals surface area contributed by atoms with Gasteiger partial charge in [-0.25, -0.2) is 14.5 Å². The van der Waals surface area contributed by atoms with E-state index >= 15 is 0 Å². The van der Waals surface area contributed by atoms with Gasteiger partial charge in [-0.15, -0.1) is 0 Å². The molecule has 2 aromatic heterocycles. The van der Waals surface area contributed by atoms with Gasteiger partial charge in [0, 0.05) is 19.6 Å². The Morgan fingerprint density at radius 3 is 3.16 bits per heavy atom. The predicted octanol–water partition coefficient (Wildman–Crippen LogP) is 3.16. The highest BCUT2D eigenvalue weighted by Crippen LogP contribution is 2.29. The summed E-state index contributed by atoms with van der Waals surface area (Å²) in [6, 6.07) is 1.93. The van der Waals surface area contributed by atoms with E-state index in [0.29, 0.717) is 18.7 Å². The van der Waals surface area contributed by atoms with Crippen LogP contribution in [-0.4, -0.2) is 45.2 Å². The Morgan fingerprint density at radius 1 is 1.60 bits per heavy atom. The molecule has 1 aliphatic rings. The summed E-state index contributed by atoms with van der Waals surface area (Å²) in [5, 5.41) is 16.4. The van der Waals surface area contributed by atoms with Crippen molar-refractivity contribution in [1.29, 1.82) is 0 Å². The van der Waals surface area contributed by atoms with Gasteiger partial charge in [-0.2, -0.15) is 5.10 Å². The number of nitrogens with zero attached hydrogens (tertiary/aromatic N) is 3. The van der Waals surface area contributed by atoms with Crippen LogP contribution >= 0.6 is 22.6 Å². The number of nitrogens with one attached hydrogen (secondary N) is 1. The average Bonchev–Trinajstić information content (AvgIpc) is 2.92. The summed E-state index contributed by atoms with van der Waals surface area (Å²) in [5.41, 5.74) is 0.795. The number of ether oxygens (including phenoxy) is 2. The van der Waals surface area contributed by atoms with Crippen molar-refractivity contribution < 1.29 is 19.4 Å². The third kappa shape index (κ3) is 4.51. The number of carbonyl (C=O) groups is 1. The number of amides is 1. The molecule has 25 heavy (non-hydrogen) atoms. The van der Waals surface area contributed by atoms with Gasteiger partial charge in [-0.1, -0.05) is 0 Å². The van der Waals surface area contributed by atoms with Crippen molar-refractivity contribution in [3.8, 4) is 5.75 Å². The molecule has 3 heterocycles. The van der Waals surface area contributed by atoms with E-state index in [1.165, 1.54) is 0 Å². The largest absolute Gasteiger partial charge is 0.489 e. The van der Waals surface area contributed by atoms with Gasteiger partial charge < -0.3 is 19.9 Å². The first-order valence-corrected chi connectivity index (χ1v) is 9.41. The first-order valence-electron chi connectivity index (χ1n) is 8.33. The number of fused-ring (bicyclic) bond motifs is 1. The second-order valence-electron chi connectivity index (χ2n) is 6.05. The van der Waals surface area contributed by atoms with Crippen LogP contribution in [0, 0.1) is 3.70 Å². The second-order valence-corrected chi connectivity index (χ2v) is 7.07. The minimum absolute atomic E-state index is 0.0555. The molecule has 0 saturated carbocycles. The maximum Gasteiger partial charge on any atom is 0.404 e. The molecule has 0 bridgehead atoms. The number of aromatic nitrogens is 3. The van der Waals surface area contributed by atoms with Gasteiger partial charge in [0.05, 0.1) is 17.7 Å². The Morgan fingerprint density at radius 2 is 2.44 bits per heavy atom. The number of hydrogen-bond donors (Lipinski definition) is 2. The second kappa shape index (κ2) is 8.17. The van der Waals surface area contributed by atoms with Gasteiger partial charge in [0.15, 0.2) is 11.9 Å². The molecule has 2 atom stereocenters. The molecule has 2 N–H and O–H groups in total.